The molecule has 0 fully saturated rings. The molecule has 0 amide bonds. The molecule has 4 nitrogen and oxygen atoms in total. The van der Waals surface area contributed by atoms with E-state index < -0.39 is 17.5 Å². The highest BCUT2D eigenvalue weighted by atomic mass is 19.2. The zero-order chi connectivity index (χ0) is 13.1. The first-order chi connectivity index (χ1) is 8.61. The molecule has 1 aromatic carbocycles. The van der Waals surface area contributed by atoms with Gasteiger partial charge < -0.3 is 5.73 Å². The molecule has 0 saturated heterocycles. The summed E-state index contributed by atoms with van der Waals surface area (Å²) < 4.78 is 39.2. The minimum Gasteiger partial charge on any atom is -0.330 e. The van der Waals surface area contributed by atoms with Gasteiger partial charge in [0.05, 0.1) is 0 Å². The molecule has 1 heterocycles. The Balaban J connectivity index is 2.20. The number of aromatic nitrogens is 3. The third-order valence-electron chi connectivity index (χ3n) is 2.42. The number of H-pyrrole nitrogens is 1. The van der Waals surface area contributed by atoms with Crippen molar-refractivity contribution in [1.29, 1.82) is 0 Å². The smallest absolute Gasteiger partial charge is 0.194 e. The van der Waals surface area contributed by atoms with Crippen LogP contribution in [0.5, 0.6) is 0 Å². The molecule has 0 spiro atoms. The van der Waals surface area contributed by atoms with Crippen LogP contribution in [-0.2, 0) is 12.8 Å². The molecule has 3 N–H and O–H groups in total. The predicted octanol–water partition coefficient (Wildman–Crippen LogP) is 1.31. The zero-order valence-electron chi connectivity index (χ0n) is 9.38. The minimum absolute atomic E-state index is 0.0145. The second kappa shape index (κ2) is 5.18. The van der Waals surface area contributed by atoms with Gasteiger partial charge in [0, 0.05) is 12.8 Å². The number of nitrogens with zero attached hydrogens (tertiary/aromatic N) is 2. The maximum atomic E-state index is 13.4. The van der Waals surface area contributed by atoms with E-state index in [9.17, 15) is 13.2 Å². The van der Waals surface area contributed by atoms with Gasteiger partial charge in [-0.15, -0.1) is 0 Å². The molecule has 0 atom stereocenters. The van der Waals surface area contributed by atoms with Crippen LogP contribution in [0.15, 0.2) is 12.1 Å². The van der Waals surface area contributed by atoms with Crippen LogP contribution >= 0.6 is 0 Å². The summed E-state index contributed by atoms with van der Waals surface area (Å²) in [5.74, 6) is -3.00. The van der Waals surface area contributed by atoms with Crippen molar-refractivity contribution in [2.75, 3.05) is 6.54 Å². The summed E-state index contributed by atoms with van der Waals surface area (Å²) in [6.07, 6.45) is 0.511. The van der Waals surface area contributed by atoms with E-state index in [1.807, 2.05) is 0 Å². The molecule has 0 aliphatic rings. The average Bonchev–Trinajstić information content (AvgIpc) is 2.78. The number of rotatable bonds is 4. The lowest BCUT2D eigenvalue weighted by molar-refractivity contribution is 0.441. The molecule has 96 valence electrons. The van der Waals surface area contributed by atoms with Gasteiger partial charge in [0.2, 0.25) is 0 Å². The maximum absolute atomic E-state index is 13.4. The Morgan fingerprint density at radius 1 is 1.17 bits per heavy atom. The summed E-state index contributed by atoms with van der Waals surface area (Å²) in [7, 11) is 0. The van der Waals surface area contributed by atoms with E-state index in [4.69, 9.17) is 5.73 Å². The van der Waals surface area contributed by atoms with E-state index in [2.05, 4.69) is 15.2 Å². The van der Waals surface area contributed by atoms with Crippen LogP contribution in [0.2, 0.25) is 0 Å². The summed E-state index contributed by atoms with van der Waals surface area (Å²) >= 11 is 0. The largest absolute Gasteiger partial charge is 0.330 e. The fourth-order valence-electron chi connectivity index (χ4n) is 1.54. The van der Waals surface area contributed by atoms with Gasteiger partial charge in [-0.05, 0) is 18.2 Å². The van der Waals surface area contributed by atoms with Gasteiger partial charge in [0.15, 0.2) is 23.3 Å². The maximum Gasteiger partial charge on any atom is 0.194 e. The van der Waals surface area contributed by atoms with Crippen molar-refractivity contribution < 1.29 is 13.2 Å². The first-order valence-electron chi connectivity index (χ1n) is 5.34. The second-order valence-electron chi connectivity index (χ2n) is 3.75. The van der Waals surface area contributed by atoms with Crippen LogP contribution in [0.3, 0.4) is 0 Å². The Labute approximate surface area is 101 Å². The molecule has 0 aliphatic heterocycles. The zero-order valence-corrected chi connectivity index (χ0v) is 9.38. The summed E-state index contributed by atoms with van der Waals surface area (Å²) in [5, 5.41) is 6.47. The lowest BCUT2D eigenvalue weighted by atomic mass is 10.1. The molecule has 7 heteroatoms. The van der Waals surface area contributed by atoms with Crippen molar-refractivity contribution in [3.63, 3.8) is 0 Å². The first-order valence-corrected chi connectivity index (χ1v) is 5.34. The van der Waals surface area contributed by atoms with E-state index in [1.165, 1.54) is 6.07 Å². The minimum atomic E-state index is -1.48. The van der Waals surface area contributed by atoms with E-state index in [0.29, 0.717) is 24.6 Å². The van der Waals surface area contributed by atoms with Crippen LogP contribution in [0.1, 0.15) is 17.2 Å². The Bertz CT molecular complexity index is 553. The molecule has 0 bridgehead atoms. The standard InChI is InChI=1S/C11H11F3N4/c12-7-2-1-6(10(13)11(7)14)5-9-16-8(3-4-15)17-18-9/h1-2H,3-5,15H2,(H,16,17,18). The summed E-state index contributed by atoms with van der Waals surface area (Å²) in [6, 6.07) is 2.06. The van der Waals surface area contributed by atoms with Gasteiger partial charge in [-0.2, -0.15) is 5.10 Å². The van der Waals surface area contributed by atoms with Gasteiger partial charge in [0.1, 0.15) is 5.82 Å². The SMILES string of the molecule is NCCc1n[nH]c(Cc2ccc(F)c(F)c2F)n1. The number of nitrogens with two attached hydrogens (primary N) is 1. The van der Waals surface area contributed by atoms with Crippen molar-refractivity contribution in [2.45, 2.75) is 12.8 Å². The topological polar surface area (TPSA) is 67.6 Å². The van der Waals surface area contributed by atoms with E-state index in [-0.39, 0.29) is 12.0 Å². The molecule has 0 radical (unpaired) electrons. The summed E-state index contributed by atoms with van der Waals surface area (Å²) in [6.45, 7) is 0.400. The van der Waals surface area contributed by atoms with Crippen LogP contribution in [0.4, 0.5) is 13.2 Å². The average molecular weight is 256 g/mol. The Kier molecular flexibility index (Phi) is 3.61. The molecule has 0 saturated carbocycles. The van der Waals surface area contributed by atoms with Crippen molar-refractivity contribution in [2.24, 2.45) is 5.73 Å². The Morgan fingerprint density at radius 3 is 2.67 bits per heavy atom. The molecule has 2 rings (SSSR count). The van der Waals surface area contributed by atoms with E-state index in [0.717, 1.165) is 6.07 Å². The number of aromatic amines is 1. The molecule has 1 aromatic heterocycles. The van der Waals surface area contributed by atoms with Gasteiger partial charge in [-0.3, -0.25) is 5.10 Å². The van der Waals surface area contributed by atoms with Crippen LogP contribution < -0.4 is 5.73 Å². The first kappa shape index (κ1) is 12.6. The fourth-order valence-corrected chi connectivity index (χ4v) is 1.54. The van der Waals surface area contributed by atoms with Crippen molar-refractivity contribution in [3.8, 4) is 0 Å². The summed E-state index contributed by atoms with van der Waals surface area (Å²) in [5.41, 5.74) is 5.36. The van der Waals surface area contributed by atoms with Crippen molar-refractivity contribution in [1.82, 2.24) is 15.2 Å². The lowest BCUT2D eigenvalue weighted by Gasteiger charge is -2.02. The second-order valence-corrected chi connectivity index (χ2v) is 3.75. The number of halogens is 3. The van der Waals surface area contributed by atoms with E-state index in [1.54, 1.807) is 0 Å². The highest BCUT2D eigenvalue weighted by Crippen LogP contribution is 2.17. The highest BCUT2D eigenvalue weighted by molar-refractivity contribution is 5.23. The number of nitrogens with one attached hydrogen (secondary N) is 1. The number of hydrogen-bond acceptors (Lipinski definition) is 3. The third kappa shape index (κ3) is 2.51. The van der Waals surface area contributed by atoms with Gasteiger partial charge >= 0.3 is 0 Å². The van der Waals surface area contributed by atoms with Gasteiger partial charge in [-0.25, -0.2) is 18.2 Å². The molecule has 0 unspecified atom stereocenters. The van der Waals surface area contributed by atoms with Crippen LogP contribution in [0.25, 0.3) is 0 Å². The molecule has 0 aliphatic carbocycles. The van der Waals surface area contributed by atoms with E-state index >= 15 is 0 Å². The quantitative estimate of drug-likeness (QED) is 0.810. The number of benzene rings is 1. The van der Waals surface area contributed by atoms with Crippen molar-refractivity contribution >= 4 is 0 Å². The van der Waals surface area contributed by atoms with Crippen LogP contribution in [0, 0.1) is 17.5 Å². The van der Waals surface area contributed by atoms with Gasteiger partial charge in [-0.1, -0.05) is 6.07 Å². The predicted molar refractivity (Wildman–Crippen MR) is 58.3 cm³/mol. The van der Waals surface area contributed by atoms with Gasteiger partial charge in [0.25, 0.3) is 0 Å². The molecular weight excluding hydrogens is 245 g/mol. The summed E-state index contributed by atoms with van der Waals surface area (Å²) in [4.78, 5) is 4.06. The Hall–Kier alpha value is -1.89. The Morgan fingerprint density at radius 2 is 1.94 bits per heavy atom. The fraction of sp³-hybridized carbons (Fsp3) is 0.273. The molecule has 2 aromatic rings. The monoisotopic (exact) mass is 256 g/mol. The highest BCUT2D eigenvalue weighted by Gasteiger charge is 2.14. The molecular formula is C11H11F3N4. The lowest BCUT2D eigenvalue weighted by Crippen LogP contribution is -2.04. The third-order valence-corrected chi connectivity index (χ3v) is 2.42. The molecule has 18 heavy (non-hydrogen) atoms. The number of hydrogen-bond donors (Lipinski definition) is 2. The van der Waals surface area contributed by atoms with Crippen molar-refractivity contribution in [3.05, 3.63) is 46.8 Å². The normalized spacial score (nSPS) is 10.9. The van der Waals surface area contributed by atoms with Crippen LogP contribution in [-0.4, -0.2) is 21.7 Å².